The van der Waals surface area contributed by atoms with E-state index in [1.54, 1.807) is 12.3 Å². The topological polar surface area (TPSA) is 63.2 Å². The number of rotatable bonds is 4. The van der Waals surface area contributed by atoms with E-state index in [0.29, 0.717) is 11.6 Å². The molecule has 0 aliphatic carbocycles. The Bertz CT molecular complexity index is 692. The largest absolute Gasteiger partial charge is 0.439 e. The molecule has 2 N–H and O–H groups in total. The number of benzene rings is 1. The third-order valence-electron chi connectivity index (χ3n) is 4.14. The first-order valence-electron chi connectivity index (χ1n) is 7.84. The van der Waals surface area contributed by atoms with Crippen LogP contribution in [-0.4, -0.2) is 24.0 Å². The minimum Gasteiger partial charge on any atom is -0.439 e. The molecule has 1 atom stereocenters. The Hall–Kier alpha value is -2.40. The second kappa shape index (κ2) is 6.79. The number of nitrogens with zero attached hydrogens (tertiary/aromatic N) is 1. The highest BCUT2D eigenvalue weighted by Gasteiger charge is 2.22. The Morgan fingerprint density at radius 3 is 2.78 bits per heavy atom. The smallest absolute Gasteiger partial charge is 0.228 e. The Labute approximate surface area is 136 Å². The number of carbonyl (C=O) groups is 1. The van der Waals surface area contributed by atoms with Gasteiger partial charge in [-0.15, -0.1) is 0 Å². The van der Waals surface area contributed by atoms with Gasteiger partial charge < -0.3 is 15.4 Å². The summed E-state index contributed by atoms with van der Waals surface area (Å²) in [4.78, 5) is 16.3. The maximum atomic E-state index is 12.0. The number of aryl methyl sites for hydroxylation is 2. The van der Waals surface area contributed by atoms with E-state index >= 15 is 0 Å². The molecule has 0 radical (unpaired) electrons. The molecule has 2 aromatic rings. The summed E-state index contributed by atoms with van der Waals surface area (Å²) in [6.45, 7) is 5.76. The van der Waals surface area contributed by atoms with E-state index in [4.69, 9.17) is 4.74 Å². The van der Waals surface area contributed by atoms with Gasteiger partial charge in [0.2, 0.25) is 11.8 Å². The van der Waals surface area contributed by atoms with Crippen LogP contribution < -0.4 is 15.4 Å². The molecule has 0 spiro atoms. The molecule has 5 heteroatoms. The molecular weight excluding hydrogens is 290 g/mol. The standard InChI is InChI=1S/C18H21N3O2/c1-12-3-5-16(9-13(12)2)23-17-6-4-15(11-20-17)21-18(22)14-7-8-19-10-14/h3-6,9,11,14,19H,7-8,10H2,1-2H3,(H,21,22). The van der Waals surface area contributed by atoms with Crippen LogP contribution in [0.3, 0.4) is 0 Å². The molecule has 0 bridgehead atoms. The van der Waals surface area contributed by atoms with Gasteiger partial charge in [-0.1, -0.05) is 6.07 Å². The van der Waals surface area contributed by atoms with Gasteiger partial charge in [-0.3, -0.25) is 4.79 Å². The predicted molar refractivity (Wildman–Crippen MR) is 89.8 cm³/mol. The quantitative estimate of drug-likeness (QED) is 0.911. The third-order valence-corrected chi connectivity index (χ3v) is 4.14. The van der Waals surface area contributed by atoms with Gasteiger partial charge in [0.05, 0.1) is 17.8 Å². The van der Waals surface area contributed by atoms with Crippen molar-refractivity contribution >= 4 is 11.6 Å². The SMILES string of the molecule is Cc1ccc(Oc2ccc(NC(=O)C3CCNC3)cn2)cc1C. The molecule has 1 aliphatic rings. The molecule has 1 fully saturated rings. The predicted octanol–water partition coefficient (Wildman–Crippen LogP) is 3.04. The van der Waals surface area contributed by atoms with Crippen molar-refractivity contribution in [2.45, 2.75) is 20.3 Å². The second-order valence-electron chi connectivity index (χ2n) is 5.91. The van der Waals surface area contributed by atoms with Crippen LogP contribution >= 0.6 is 0 Å². The zero-order chi connectivity index (χ0) is 16.2. The fourth-order valence-electron chi connectivity index (χ4n) is 2.54. The molecule has 0 saturated carbocycles. The number of carbonyl (C=O) groups excluding carboxylic acids is 1. The van der Waals surface area contributed by atoms with Crippen LogP contribution in [0.15, 0.2) is 36.5 Å². The maximum absolute atomic E-state index is 12.0. The number of ether oxygens (including phenoxy) is 1. The molecule has 1 aliphatic heterocycles. The van der Waals surface area contributed by atoms with Gasteiger partial charge in [0.25, 0.3) is 0 Å². The molecule has 23 heavy (non-hydrogen) atoms. The zero-order valence-corrected chi connectivity index (χ0v) is 13.4. The lowest BCUT2D eigenvalue weighted by Gasteiger charge is -2.10. The Morgan fingerprint density at radius 2 is 2.13 bits per heavy atom. The van der Waals surface area contributed by atoms with Crippen LogP contribution in [0.2, 0.25) is 0 Å². The molecule has 3 rings (SSSR count). The number of amides is 1. The molecule has 1 amide bonds. The number of pyridine rings is 1. The van der Waals surface area contributed by atoms with Crippen molar-refractivity contribution in [1.29, 1.82) is 0 Å². The molecular formula is C18H21N3O2. The molecule has 1 saturated heterocycles. The van der Waals surface area contributed by atoms with Crippen LogP contribution in [-0.2, 0) is 4.79 Å². The van der Waals surface area contributed by atoms with Crippen molar-refractivity contribution in [2.75, 3.05) is 18.4 Å². The normalized spacial score (nSPS) is 17.0. The summed E-state index contributed by atoms with van der Waals surface area (Å²) in [6.07, 6.45) is 2.50. The van der Waals surface area contributed by atoms with Gasteiger partial charge in [-0.25, -0.2) is 4.98 Å². The van der Waals surface area contributed by atoms with Gasteiger partial charge in [0.15, 0.2) is 0 Å². The zero-order valence-electron chi connectivity index (χ0n) is 13.4. The summed E-state index contributed by atoms with van der Waals surface area (Å²) in [5.74, 6) is 1.35. The second-order valence-corrected chi connectivity index (χ2v) is 5.91. The molecule has 1 unspecified atom stereocenters. The first-order valence-corrected chi connectivity index (χ1v) is 7.84. The number of hydrogen-bond acceptors (Lipinski definition) is 4. The highest BCUT2D eigenvalue weighted by molar-refractivity contribution is 5.92. The summed E-state index contributed by atoms with van der Waals surface area (Å²) in [6, 6.07) is 9.50. The van der Waals surface area contributed by atoms with Gasteiger partial charge >= 0.3 is 0 Å². The van der Waals surface area contributed by atoms with Gasteiger partial charge in [-0.05, 0) is 56.1 Å². The average Bonchev–Trinajstić information content (AvgIpc) is 3.07. The lowest BCUT2D eigenvalue weighted by molar-refractivity contribution is -0.119. The van der Waals surface area contributed by atoms with Crippen molar-refractivity contribution < 1.29 is 9.53 Å². The Kier molecular flexibility index (Phi) is 4.57. The van der Waals surface area contributed by atoms with Crippen molar-refractivity contribution in [2.24, 2.45) is 5.92 Å². The fourth-order valence-corrected chi connectivity index (χ4v) is 2.54. The fraction of sp³-hybridized carbons (Fsp3) is 0.333. The van der Waals surface area contributed by atoms with Crippen LogP contribution in [0.4, 0.5) is 5.69 Å². The number of hydrogen-bond donors (Lipinski definition) is 2. The molecule has 120 valence electrons. The lowest BCUT2D eigenvalue weighted by Crippen LogP contribution is -2.24. The Balaban J connectivity index is 1.62. The van der Waals surface area contributed by atoms with Crippen molar-refractivity contribution in [1.82, 2.24) is 10.3 Å². The van der Waals surface area contributed by atoms with Crippen LogP contribution in [0.1, 0.15) is 17.5 Å². The van der Waals surface area contributed by atoms with Crippen molar-refractivity contribution in [3.8, 4) is 11.6 Å². The Morgan fingerprint density at radius 1 is 1.26 bits per heavy atom. The van der Waals surface area contributed by atoms with Crippen LogP contribution in [0, 0.1) is 19.8 Å². The van der Waals surface area contributed by atoms with Crippen molar-refractivity contribution in [3.05, 3.63) is 47.7 Å². The average molecular weight is 311 g/mol. The number of nitrogens with one attached hydrogen (secondary N) is 2. The van der Waals surface area contributed by atoms with Crippen LogP contribution in [0.5, 0.6) is 11.6 Å². The molecule has 1 aromatic heterocycles. The van der Waals surface area contributed by atoms with Gasteiger partial charge in [0.1, 0.15) is 5.75 Å². The van der Waals surface area contributed by atoms with Crippen LogP contribution in [0.25, 0.3) is 0 Å². The van der Waals surface area contributed by atoms with Gasteiger partial charge in [-0.2, -0.15) is 0 Å². The summed E-state index contributed by atoms with van der Waals surface area (Å²) >= 11 is 0. The highest BCUT2D eigenvalue weighted by atomic mass is 16.5. The summed E-state index contributed by atoms with van der Waals surface area (Å²) in [5, 5.41) is 6.08. The first-order chi connectivity index (χ1) is 11.1. The summed E-state index contributed by atoms with van der Waals surface area (Å²) < 4.78 is 5.74. The maximum Gasteiger partial charge on any atom is 0.228 e. The molecule has 5 nitrogen and oxygen atoms in total. The lowest BCUT2D eigenvalue weighted by atomic mass is 10.1. The minimum absolute atomic E-state index is 0.0413. The highest BCUT2D eigenvalue weighted by Crippen LogP contribution is 2.23. The van der Waals surface area contributed by atoms with E-state index in [-0.39, 0.29) is 11.8 Å². The minimum atomic E-state index is 0.0413. The number of anilines is 1. The van der Waals surface area contributed by atoms with E-state index in [1.165, 1.54) is 11.1 Å². The monoisotopic (exact) mass is 311 g/mol. The van der Waals surface area contributed by atoms with E-state index in [1.807, 2.05) is 31.2 Å². The van der Waals surface area contributed by atoms with E-state index in [2.05, 4.69) is 22.5 Å². The third kappa shape index (κ3) is 3.87. The first kappa shape index (κ1) is 15.5. The van der Waals surface area contributed by atoms with E-state index in [9.17, 15) is 4.79 Å². The summed E-state index contributed by atoms with van der Waals surface area (Å²) in [5.41, 5.74) is 3.09. The van der Waals surface area contributed by atoms with E-state index < -0.39 is 0 Å². The van der Waals surface area contributed by atoms with Crippen molar-refractivity contribution in [3.63, 3.8) is 0 Å². The molecule has 1 aromatic carbocycles. The molecule has 2 heterocycles. The van der Waals surface area contributed by atoms with Gasteiger partial charge in [0, 0.05) is 12.6 Å². The van der Waals surface area contributed by atoms with E-state index in [0.717, 1.165) is 25.3 Å². The summed E-state index contributed by atoms with van der Waals surface area (Å²) in [7, 11) is 0. The number of aromatic nitrogens is 1.